The average Bonchev–Trinajstić information content (AvgIpc) is 3.03. The number of hydrogen-bond acceptors (Lipinski definition) is 3. The molecule has 0 aliphatic heterocycles. The Hall–Kier alpha value is -1.13. The lowest BCUT2D eigenvalue weighted by atomic mass is 10.2. The molecule has 0 spiro atoms. The van der Waals surface area contributed by atoms with Gasteiger partial charge in [0.05, 0.1) is 8.49 Å². The van der Waals surface area contributed by atoms with Gasteiger partial charge in [-0.05, 0) is 35.4 Å². The van der Waals surface area contributed by atoms with Crippen LogP contribution in [0.15, 0.2) is 12.1 Å². The zero-order chi connectivity index (χ0) is 14.4. The number of nitrogens with zero attached hydrogens (tertiary/aromatic N) is 1. The van der Waals surface area contributed by atoms with E-state index in [1.54, 1.807) is 0 Å². The number of benzene rings is 1. The third kappa shape index (κ3) is 2.60. The van der Waals surface area contributed by atoms with Gasteiger partial charge < -0.3 is 5.32 Å². The van der Waals surface area contributed by atoms with Gasteiger partial charge in [-0.2, -0.15) is 13.2 Å². The number of rotatable bonds is 3. The predicted octanol–water partition coefficient (Wildman–Crippen LogP) is 3.85. The molecular weight excluding hydrogens is 383 g/mol. The molecule has 1 N–H and O–H groups in total. The highest BCUT2D eigenvalue weighted by Crippen LogP contribution is 2.52. The normalized spacial score (nSPS) is 17.1. The van der Waals surface area contributed by atoms with Crippen molar-refractivity contribution in [3.63, 3.8) is 0 Å². The summed E-state index contributed by atoms with van der Waals surface area (Å²) in [4.78, 5) is 9.96. The van der Waals surface area contributed by atoms with Crippen molar-refractivity contribution in [1.29, 1.82) is 0 Å². The SMILES string of the molecule is O=[N+]([O-])c1cc(I)c(F)cc1NC1(C(F)(F)F)CC1. The molecule has 1 aliphatic rings. The van der Waals surface area contributed by atoms with Crippen LogP contribution in [0.2, 0.25) is 0 Å². The van der Waals surface area contributed by atoms with Crippen LogP contribution in [-0.2, 0) is 0 Å². The molecule has 1 aliphatic carbocycles. The molecule has 19 heavy (non-hydrogen) atoms. The lowest BCUT2D eigenvalue weighted by molar-refractivity contribution is -0.384. The molecule has 0 saturated heterocycles. The Bertz CT molecular complexity index is 543. The van der Waals surface area contributed by atoms with Crippen LogP contribution in [-0.4, -0.2) is 16.6 Å². The summed E-state index contributed by atoms with van der Waals surface area (Å²) in [6.07, 6.45) is -4.89. The van der Waals surface area contributed by atoms with Gasteiger partial charge in [-0.1, -0.05) is 0 Å². The third-order valence-electron chi connectivity index (χ3n) is 2.90. The summed E-state index contributed by atoms with van der Waals surface area (Å²) < 4.78 is 51.6. The Balaban J connectivity index is 2.40. The van der Waals surface area contributed by atoms with Gasteiger partial charge in [0, 0.05) is 12.1 Å². The van der Waals surface area contributed by atoms with Crippen molar-refractivity contribution >= 4 is 34.0 Å². The van der Waals surface area contributed by atoms with E-state index in [1.165, 1.54) is 22.6 Å². The number of nitrogens with one attached hydrogen (secondary N) is 1. The molecule has 2 rings (SSSR count). The van der Waals surface area contributed by atoms with Crippen LogP contribution in [0.25, 0.3) is 0 Å². The largest absolute Gasteiger partial charge is 0.411 e. The van der Waals surface area contributed by atoms with Gasteiger partial charge in [-0.25, -0.2) is 4.39 Å². The first kappa shape index (κ1) is 14.3. The van der Waals surface area contributed by atoms with Gasteiger partial charge >= 0.3 is 6.18 Å². The molecule has 1 saturated carbocycles. The fraction of sp³-hybridized carbons (Fsp3) is 0.400. The maximum absolute atomic E-state index is 13.4. The zero-order valence-corrected chi connectivity index (χ0v) is 11.4. The van der Waals surface area contributed by atoms with E-state index in [9.17, 15) is 27.7 Å². The van der Waals surface area contributed by atoms with E-state index < -0.39 is 33.8 Å². The first-order chi connectivity index (χ1) is 8.66. The number of alkyl halides is 3. The first-order valence-corrected chi connectivity index (χ1v) is 6.22. The molecule has 4 nitrogen and oxygen atoms in total. The molecule has 0 aromatic heterocycles. The van der Waals surface area contributed by atoms with Crippen molar-refractivity contribution in [2.75, 3.05) is 5.32 Å². The van der Waals surface area contributed by atoms with Crippen LogP contribution in [0.5, 0.6) is 0 Å². The van der Waals surface area contributed by atoms with Crippen molar-refractivity contribution in [1.82, 2.24) is 0 Å². The van der Waals surface area contributed by atoms with E-state index in [-0.39, 0.29) is 16.4 Å². The Morgan fingerprint density at radius 3 is 2.37 bits per heavy atom. The highest BCUT2D eigenvalue weighted by Gasteiger charge is 2.64. The van der Waals surface area contributed by atoms with Crippen molar-refractivity contribution < 1.29 is 22.5 Å². The van der Waals surface area contributed by atoms with Gasteiger partial charge in [-0.15, -0.1) is 0 Å². The Morgan fingerprint density at radius 2 is 1.95 bits per heavy atom. The summed E-state index contributed by atoms with van der Waals surface area (Å²) in [6, 6.07) is 1.64. The lowest BCUT2D eigenvalue weighted by Crippen LogP contribution is -2.38. The first-order valence-electron chi connectivity index (χ1n) is 5.15. The van der Waals surface area contributed by atoms with E-state index in [1.807, 2.05) is 0 Å². The van der Waals surface area contributed by atoms with Crippen LogP contribution in [0, 0.1) is 19.5 Å². The van der Waals surface area contributed by atoms with Crippen molar-refractivity contribution in [2.24, 2.45) is 0 Å². The van der Waals surface area contributed by atoms with E-state index in [2.05, 4.69) is 5.32 Å². The average molecular weight is 390 g/mol. The molecule has 0 heterocycles. The summed E-state index contributed by atoms with van der Waals surface area (Å²) >= 11 is 1.54. The van der Waals surface area contributed by atoms with Gasteiger partial charge in [0.25, 0.3) is 5.69 Å². The molecule has 0 bridgehead atoms. The van der Waals surface area contributed by atoms with Gasteiger partial charge in [0.15, 0.2) is 0 Å². The number of nitro groups is 1. The minimum atomic E-state index is -4.53. The zero-order valence-electron chi connectivity index (χ0n) is 9.22. The molecule has 9 heteroatoms. The Morgan fingerprint density at radius 1 is 1.37 bits per heavy atom. The second kappa shape index (κ2) is 4.46. The van der Waals surface area contributed by atoms with Crippen molar-refractivity contribution in [3.8, 4) is 0 Å². The van der Waals surface area contributed by atoms with Gasteiger partial charge in [0.2, 0.25) is 0 Å². The number of halogens is 5. The van der Waals surface area contributed by atoms with Gasteiger partial charge in [0.1, 0.15) is 17.0 Å². The topological polar surface area (TPSA) is 55.2 Å². The molecule has 1 aromatic carbocycles. The minimum Gasteiger partial charge on any atom is -0.366 e. The fourth-order valence-electron chi connectivity index (χ4n) is 1.65. The molecule has 0 atom stereocenters. The molecule has 0 amide bonds. The molecule has 1 fully saturated rings. The van der Waals surface area contributed by atoms with Crippen LogP contribution < -0.4 is 5.32 Å². The molecule has 1 aromatic rings. The molecule has 0 radical (unpaired) electrons. The smallest absolute Gasteiger partial charge is 0.366 e. The Kier molecular flexibility index (Phi) is 3.35. The monoisotopic (exact) mass is 390 g/mol. The van der Waals surface area contributed by atoms with Crippen LogP contribution in [0.3, 0.4) is 0 Å². The highest BCUT2D eigenvalue weighted by molar-refractivity contribution is 14.1. The van der Waals surface area contributed by atoms with Crippen LogP contribution in [0.4, 0.5) is 28.9 Å². The summed E-state index contributed by atoms with van der Waals surface area (Å²) in [5.74, 6) is -0.799. The standard InChI is InChI=1S/C10H7F4IN2O2/c11-5-3-7(8(17(18)19)4-6(5)15)16-9(1-2-9)10(12,13)14/h3-4,16H,1-2H2. The Labute approximate surface area is 118 Å². The van der Waals surface area contributed by atoms with E-state index in [4.69, 9.17) is 0 Å². The molecule has 0 unspecified atom stereocenters. The maximum atomic E-state index is 13.4. The van der Waals surface area contributed by atoms with Crippen LogP contribution >= 0.6 is 22.6 Å². The van der Waals surface area contributed by atoms with Crippen LogP contribution in [0.1, 0.15) is 12.8 Å². The van der Waals surface area contributed by atoms with Crippen molar-refractivity contribution in [2.45, 2.75) is 24.6 Å². The number of anilines is 1. The fourth-order valence-corrected chi connectivity index (χ4v) is 2.10. The van der Waals surface area contributed by atoms with Gasteiger partial charge in [-0.3, -0.25) is 10.1 Å². The third-order valence-corrected chi connectivity index (χ3v) is 3.73. The van der Waals surface area contributed by atoms with E-state index in [0.717, 1.165) is 12.1 Å². The number of nitro benzene ring substituents is 1. The predicted molar refractivity (Wildman–Crippen MR) is 67.4 cm³/mol. The minimum absolute atomic E-state index is 0.0216. The maximum Gasteiger partial charge on any atom is 0.411 e. The highest BCUT2D eigenvalue weighted by atomic mass is 127. The summed E-state index contributed by atoms with van der Waals surface area (Å²) in [7, 11) is 0. The summed E-state index contributed by atoms with van der Waals surface area (Å²) in [5, 5.41) is 12.9. The lowest BCUT2D eigenvalue weighted by Gasteiger charge is -2.21. The van der Waals surface area contributed by atoms with Crippen molar-refractivity contribution in [3.05, 3.63) is 31.6 Å². The second-order valence-corrected chi connectivity index (χ2v) is 5.41. The quantitative estimate of drug-likeness (QED) is 0.369. The summed E-state index contributed by atoms with van der Waals surface area (Å²) in [5.41, 5.74) is -3.18. The summed E-state index contributed by atoms with van der Waals surface area (Å²) in [6.45, 7) is 0. The number of hydrogen-bond donors (Lipinski definition) is 1. The van der Waals surface area contributed by atoms with E-state index in [0.29, 0.717) is 0 Å². The van der Waals surface area contributed by atoms with E-state index >= 15 is 0 Å². The second-order valence-electron chi connectivity index (χ2n) is 4.25. The molecule has 104 valence electrons. The molecular formula is C10H7F4IN2O2.